The van der Waals surface area contributed by atoms with Gasteiger partial charge < -0.3 is 15.8 Å². The number of benzene rings is 2. The van der Waals surface area contributed by atoms with Crippen LogP contribution in [0.2, 0.25) is 0 Å². The van der Waals surface area contributed by atoms with E-state index in [1.807, 2.05) is 6.07 Å². The summed E-state index contributed by atoms with van der Waals surface area (Å²) in [6.07, 6.45) is 0. The van der Waals surface area contributed by atoms with E-state index in [1.165, 1.54) is 18.2 Å². The van der Waals surface area contributed by atoms with Crippen LogP contribution in [0.3, 0.4) is 0 Å². The van der Waals surface area contributed by atoms with E-state index in [4.69, 9.17) is 15.7 Å². The molecule has 0 saturated heterocycles. The van der Waals surface area contributed by atoms with Crippen molar-refractivity contribution in [3.05, 3.63) is 71.8 Å². The Morgan fingerprint density at radius 3 is 2.32 bits per heavy atom. The van der Waals surface area contributed by atoms with Crippen LogP contribution in [0.1, 0.15) is 5.56 Å². The van der Waals surface area contributed by atoms with Crippen LogP contribution in [0.5, 0.6) is 11.6 Å². The van der Waals surface area contributed by atoms with Crippen molar-refractivity contribution >= 4 is 17.2 Å². The molecular formula is C18H12F2N4O. The van der Waals surface area contributed by atoms with Gasteiger partial charge in [-0.15, -0.1) is 0 Å². The fraction of sp³-hybridized carbons (Fsp3) is 0. The number of nitrogens with one attached hydrogen (secondary N) is 1. The van der Waals surface area contributed by atoms with Crippen LogP contribution in [-0.2, 0) is 0 Å². The Balaban J connectivity index is 1.86. The smallest absolute Gasteiger partial charge is 0.221 e. The maximum Gasteiger partial charge on any atom is 0.221 e. The highest BCUT2D eigenvalue weighted by atomic mass is 19.1. The Hall–Kier alpha value is -3.66. The number of nitrogens with two attached hydrogens (primary N) is 1. The molecule has 0 fully saturated rings. The Kier molecular flexibility index (Phi) is 4.44. The van der Waals surface area contributed by atoms with Gasteiger partial charge in [0.2, 0.25) is 11.6 Å². The maximum atomic E-state index is 13.7. The summed E-state index contributed by atoms with van der Waals surface area (Å²) in [4.78, 5) is 4.13. The highest BCUT2D eigenvalue weighted by molar-refractivity contribution is 5.69. The fourth-order valence-electron chi connectivity index (χ4n) is 2.06. The van der Waals surface area contributed by atoms with Gasteiger partial charge in [-0.1, -0.05) is 6.07 Å². The fourth-order valence-corrected chi connectivity index (χ4v) is 2.06. The zero-order valence-corrected chi connectivity index (χ0v) is 12.8. The standard InChI is InChI=1S/C18H12F2N4O/c19-13-2-1-3-14(20)17(13)25-16-9-8-15(22)18(24-16)23-12-6-4-11(10-21)5-7-12/h1-9H,22H2,(H,23,24). The number of hydrogen-bond donors (Lipinski definition) is 2. The average molecular weight is 338 g/mol. The molecule has 0 radical (unpaired) electrons. The van der Waals surface area contributed by atoms with Crippen molar-refractivity contribution in [1.29, 1.82) is 5.26 Å². The molecular weight excluding hydrogens is 326 g/mol. The number of rotatable bonds is 4. The Morgan fingerprint density at radius 1 is 1.00 bits per heavy atom. The lowest BCUT2D eigenvalue weighted by atomic mass is 10.2. The Morgan fingerprint density at radius 2 is 1.68 bits per heavy atom. The predicted octanol–water partition coefficient (Wildman–Crippen LogP) is 4.35. The molecule has 25 heavy (non-hydrogen) atoms. The molecule has 0 saturated carbocycles. The summed E-state index contributed by atoms with van der Waals surface area (Å²) in [5.41, 5.74) is 7.35. The van der Waals surface area contributed by atoms with Gasteiger partial charge in [0.05, 0.1) is 17.3 Å². The minimum Gasteiger partial charge on any atom is -0.433 e. The summed E-state index contributed by atoms with van der Waals surface area (Å²) in [6, 6.07) is 15.0. The number of nitrogens with zero attached hydrogens (tertiary/aromatic N) is 2. The van der Waals surface area contributed by atoms with Gasteiger partial charge in [0.15, 0.2) is 17.5 Å². The zero-order valence-electron chi connectivity index (χ0n) is 12.8. The maximum absolute atomic E-state index is 13.7. The van der Waals surface area contributed by atoms with Crippen LogP contribution in [0, 0.1) is 23.0 Å². The summed E-state index contributed by atoms with van der Waals surface area (Å²) in [6.45, 7) is 0. The first-order valence-corrected chi connectivity index (χ1v) is 7.22. The quantitative estimate of drug-likeness (QED) is 0.739. The van der Waals surface area contributed by atoms with E-state index in [-0.39, 0.29) is 11.7 Å². The van der Waals surface area contributed by atoms with E-state index in [9.17, 15) is 8.78 Å². The first-order valence-electron chi connectivity index (χ1n) is 7.22. The summed E-state index contributed by atoms with van der Waals surface area (Å²) in [5, 5.41) is 11.8. The number of para-hydroxylation sites is 1. The molecule has 0 aliphatic heterocycles. The highest BCUT2D eigenvalue weighted by Crippen LogP contribution is 2.29. The van der Waals surface area contributed by atoms with Crippen molar-refractivity contribution < 1.29 is 13.5 Å². The summed E-state index contributed by atoms with van der Waals surface area (Å²) in [5.74, 6) is -1.96. The summed E-state index contributed by atoms with van der Waals surface area (Å²) < 4.78 is 32.6. The molecule has 7 heteroatoms. The SMILES string of the molecule is N#Cc1ccc(Nc2nc(Oc3c(F)cccc3F)ccc2N)cc1. The van der Waals surface area contributed by atoms with E-state index in [0.717, 1.165) is 12.1 Å². The second kappa shape index (κ2) is 6.84. The van der Waals surface area contributed by atoms with Crippen LogP contribution in [-0.4, -0.2) is 4.98 Å². The second-order valence-corrected chi connectivity index (χ2v) is 5.05. The lowest BCUT2D eigenvalue weighted by Crippen LogP contribution is -2.01. The molecule has 1 heterocycles. The molecule has 1 aromatic heterocycles. The summed E-state index contributed by atoms with van der Waals surface area (Å²) >= 11 is 0. The number of aromatic nitrogens is 1. The second-order valence-electron chi connectivity index (χ2n) is 5.05. The largest absolute Gasteiger partial charge is 0.433 e. The van der Waals surface area contributed by atoms with Crippen molar-refractivity contribution in [1.82, 2.24) is 4.98 Å². The van der Waals surface area contributed by atoms with Gasteiger partial charge in [0.25, 0.3) is 0 Å². The van der Waals surface area contributed by atoms with Crippen LogP contribution < -0.4 is 15.8 Å². The molecule has 0 bridgehead atoms. The molecule has 5 nitrogen and oxygen atoms in total. The van der Waals surface area contributed by atoms with Gasteiger partial charge >= 0.3 is 0 Å². The number of ether oxygens (including phenoxy) is 1. The monoisotopic (exact) mass is 338 g/mol. The van der Waals surface area contributed by atoms with Crippen molar-refractivity contribution in [2.45, 2.75) is 0 Å². The third kappa shape index (κ3) is 3.64. The topological polar surface area (TPSA) is 84.0 Å². The number of anilines is 3. The highest BCUT2D eigenvalue weighted by Gasteiger charge is 2.13. The van der Waals surface area contributed by atoms with Gasteiger partial charge in [0.1, 0.15) is 0 Å². The number of nitriles is 1. The Bertz CT molecular complexity index is 932. The minimum absolute atomic E-state index is 0.0191. The molecule has 3 rings (SSSR count). The molecule has 0 atom stereocenters. The molecule has 3 N–H and O–H groups in total. The number of nitrogen functional groups attached to an aromatic ring is 1. The number of hydrogen-bond acceptors (Lipinski definition) is 5. The van der Waals surface area contributed by atoms with Crippen molar-refractivity contribution in [2.24, 2.45) is 0 Å². The lowest BCUT2D eigenvalue weighted by molar-refractivity contribution is 0.396. The van der Waals surface area contributed by atoms with Crippen LogP contribution in [0.15, 0.2) is 54.6 Å². The van der Waals surface area contributed by atoms with E-state index >= 15 is 0 Å². The van der Waals surface area contributed by atoms with Crippen LogP contribution >= 0.6 is 0 Å². The molecule has 0 amide bonds. The van der Waals surface area contributed by atoms with Crippen LogP contribution in [0.4, 0.5) is 26.0 Å². The van der Waals surface area contributed by atoms with E-state index in [1.54, 1.807) is 24.3 Å². The molecule has 124 valence electrons. The first kappa shape index (κ1) is 16.2. The van der Waals surface area contributed by atoms with E-state index < -0.39 is 17.4 Å². The Labute approximate surface area is 142 Å². The lowest BCUT2D eigenvalue weighted by Gasteiger charge is -2.11. The molecule has 2 aromatic carbocycles. The number of pyridine rings is 1. The van der Waals surface area contributed by atoms with Gasteiger partial charge in [-0.05, 0) is 42.5 Å². The van der Waals surface area contributed by atoms with Gasteiger partial charge in [-0.3, -0.25) is 0 Å². The van der Waals surface area contributed by atoms with E-state index in [2.05, 4.69) is 10.3 Å². The van der Waals surface area contributed by atoms with Crippen molar-refractivity contribution in [2.75, 3.05) is 11.1 Å². The minimum atomic E-state index is -0.833. The van der Waals surface area contributed by atoms with Crippen molar-refractivity contribution in [3.8, 4) is 17.7 Å². The van der Waals surface area contributed by atoms with Crippen molar-refractivity contribution in [3.63, 3.8) is 0 Å². The molecule has 0 unspecified atom stereocenters. The third-order valence-corrected chi connectivity index (χ3v) is 3.30. The molecule has 0 aliphatic rings. The number of halogens is 2. The molecule has 3 aromatic rings. The predicted molar refractivity (Wildman–Crippen MR) is 89.5 cm³/mol. The molecule has 0 aliphatic carbocycles. The zero-order chi connectivity index (χ0) is 17.8. The first-order chi connectivity index (χ1) is 12.1. The average Bonchev–Trinajstić information content (AvgIpc) is 2.61. The van der Waals surface area contributed by atoms with Gasteiger partial charge in [0, 0.05) is 11.8 Å². The third-order valence-electron chi connectivity index (χ3n) is 3.30. The van der Waals surface area contributed by atoms with E-state index in [0.29, 0.717) is 16.9 Å². The van der Waals surface area contributed by atoms with Gasteiger partial charge in [-0.2, -0.15) is 10.2 Å². The van der Waals surface area contributed by atoms with Crippen LogP contribution in [0.25, 0.3) is 0 Å². The normalized spacial score (nSPS) is 10.1. The molecule has 0 spiro atoms. The van der Waals surface area contributed by atoms with Gasteiger partial charge in [-0.25, -0.2) is 8.78 Å². The summed E-state index contributed by atoms with van der Waals surface area (Å²) in [7, 11) is 0.